The summed E-state index contributed by atoms with van der Waals surface area (Å²) in [7, 11) is 0. The predicted molar refractivity (Wildman–Crippen MR) is 74.1 cm³/mol. The minimum atomic E-state index is 0.319. The van der Waals surface area contributed by atoms with Gasteiger partial charge in [0.1, 0.15) is 5.78 Å². The lowest BCUT2D eigenvalue weighted by molar-refractivity contribution is -0.127. The highest BCUT2D eigenvalue weighted by molar-refractivity contribution is 5.83. The SMILES string of the molecule is CCCCCCCC(C)C(=O)C1CCCCC1. The van der Waals surface area contributed by atoms with E-state index in [2.05, 4.69) is 13.8 Å². The van der Waals surface area contributed by atoms with Crippen LogP contribution in [0.4, 0.5) is 0 Å². The zero-order valence-corrected chi connectivity index (χ0v) is 11.8. The Balaban J connectivity index is 2.12. The number of hydrogen-bond acceptors (Lipinski definition) is 1. The molecule has 0 bridgehead atoms. The molecule has 0 N–H and O–H groups in total. The van der Waals surface area contributed by atoms with Crippen LogP contribution < -0.4 is 0 Å². The van der Waals surface area contributed by atoms with Gasteiger partial charge in [0.25, 0.3) is 0 Å². The van der Waals surface area contributed by atoms with Crippen LogP contribution in [0.2, 0.25) is 0 Å². The first-order valence-corrected chi connectivity index (χ1v) is 7.79. The first kappa shape index (κ1) is 14.7. The van der Waals surface area contributed by atoms with Crippen LogP contribution in [-0.4, -0.2) is 5.78 Å². The van der Waals surface area contributed by atoms with Crippen molar-refractivity contribution in [2.45, 2.75) is 84.5 Å². The first-order chi connectivity index (χ1) is 8.25. The van der Waals surface area contributed by atoms with E-state index in [4.69, 9.17) is 0 Å². The van der Waals surface area contributed by atoms with Crippen LogP contribution in [0.3, 0.4) is 0 Å². The molecule has 1 saturated carbocycles. The third-order valence-corrected chi connectivity index (χ3v) is 4.23. The fraction of sp³-hybridized carbons (Fsp3) is 0.938. The minimum absolute atomic E-state index is 0.319. The van der Waals surface area contributed by atoms with Crippen molar-refractivity contribution < 1.29 is 4.79 Å². The highest BCUT2D eigenvalue weighted by Crippen LogP contribution is 2.28. The van der Waals surface area contributed by atoms with E-state index in [9.17, 15) is 4.79 Å². The van der Waals surface area contributed by atoms with E-state index in [1.54, 1.807) is 0 Å². The fourth-order valence-corrected chi connectivity index (χ4v) is 2.99. The van der Waals surface area contributed by atoms with Crippen molar-refractivity contribution in [3.05, 3.63) is 0 Å². The second kappa shape index (κ2) is 8.72. The maximum absolute atomic E-state index is 12.2. The third-order valence-electron chi connectivity index (χ3n) is 4.23. The van der Waals surface area contributed by atoms with Crippen LogP contribution in [0, 0.1) is 11.8 Å². The summed E-state index contributed by atoms with van der Waals surface area (Å²) in [6.45, 7) is 4.39. The van der Waals surface area contributed by atoms with Gasteiger partial charge in [-0.2, -0.15) is 0 Å². The number of hydrogen-bond donors (Lipinski definition) is 0. The summed E-state index contributed by atoms with van der Waals surface area (Å²) in [5, 5.41) is 0. The van der Waals surface area contributed by atoms with E-state index in [1.807, 2.05) is 0 Å². The van der Waals surface area contributed by atoms with Crippen LogP contribution in [0.25, 0.3) is 0 Å². The summed E-state index contributed by atoms with van der Waals surface area (Å²) in [4.78, 5) is 12.2. The monoisotopic (exact) mass is 238 g/mol. The van der Waals surface area contributed by atoms with Gasteiger partial charge < -0.3 is 0 Å². The van der Waals surface area contributed by atoms with E-state index in [1.165, 1.54) is 64.2 Å². The summed E-state index contributed by atoms with van der Waals surface area (Å²) in [6, 6.07) is 0. The van der Waals surface area contributed by atoms with Gasteiger partial charge in [-0.05, 0) is 19.3 Å². The largest absolute Gasteiger partial charge is 0.299 e. The van der Waals surface area contributed by atoms with Crippen LogP contribution in [0.1, 0.15) is 84.5 Å². The molecule has 0 amide bonds. The Hall–Kier alpha value is -0.330. The smallest absolute Gasteiger partial charge is 0.138 e. The molecule has 0 saturated heterocycles. The number of ketones is 1. The molecule has 0 heterocycles. The van der Waals surface area contributed by atoms with Gasteiger partial charge in [-0.25, -0.2) is 0 Å². The van der Waals surface area contributed by atoms with Crippen LogP contribution >= 0.6 is 0 Å². The van der Waals surface area contributed by atoms with Gasteiger partial charge in [-0.1, -0.05) is 65.2 Å². The summed E-state index contributed by atoms with van der Waals surface area (Å²) >= 11 is 0. The average Bonchev–Trinajstić information content (AvgIpc) is 2.38. The second-order valence-electron chi connectivity index (χ2n) is 5.84. The number of carbonyl (C=O) groups excluding carboxylic acids is 1. The van der Waals surface area contributed by atoms with Gasteiger partial charge in [0.2, 0.25) is 0 Å². The Morgan fingerprint density at radius 1 is 1.06 bits per heavy atom. The Bertz CT molecular complexity index is 204. The summed E-state index contributed by atoms with van der Waals surface area (Å²) < 4.78 is 0. The summed E-state index contributed by atoms with van der Waals surface area (Å²) in [5.74, 6) is 1.30. The zero-order chi connectivity index (χ0) is 12.5. The predicted octanol–water partition coefficient (Wildman–Crippen LogP) is 5.13. The van der Waals surface area contributed by atoms with Gasteiger partial charge in [0, 0.05) is 11.8 Å². The molecule has 0 radical (unpaired) electrons. The molecular formula is C16H30O. The lowest BCUT2D eigenvalue weighted by Gasteiger charge is -2.23. The molecule has 17 heavy (non-hydrogen) atoms. The van der Waals surface area contributed by atoms with Gasteiger partial charge >= 0.3 is 0 Å². The molecule has 1 nitrogen and oxygen atoms in total. The average molecular weight is 238 g/mol. The van der Waals surface area contributed by atoms with Crippen molar-refractivity contribution >= 4 is 5.78 Å². The van der Waals surface area contributed by atoms with Crippen molar-refractivity contribution in [3.8, 4) is 0 Å². The molecule has 100 valence electrons. The van der Waals surface area contributed by atoms with Gasteiger partial charge in [0.15, 0.2) is 0 Å². The molecule has 0 aromatic heterocycles. The standard InChI is InChI=1S/C16H30O/c1-3-4-5-6-8-11-14(2)16(17)15-12-9-7-10-13-15/h14-15H,3-13H2,1-2H3. The fourth-order valence-electron chi connectivity index (χ4n) is 2.99. The molecule has 1 unspecified atom stereocenters. The maximum Gasteiger partial charge on any atom is 0.138 e. The molecule has 0 aliphatic heterocycles. The van der Waals surface area contributed by atoms with E-state index in [0.29, 0.717) is 17.6 Å². The topological polar surface area (TPSA) is 17.1 Å². The Morgan fingerprint density at radius 3 is 2.35 bits per heavy atom. The molecule has 0 aromatic carbocycles. The van der Waals surface area contributed by atoms with E-state index in [0.717, 1.165) is 6.42 Å². The Morgan fingerprint density at radius 2 is 1.71 bits per heavy atom. The van der Waals surface area contributed by atoms with Gasteiger partial charge in [0.05, 0.1) is 0 Å². The van der Waals surface area contributed by atoms with E-state index in [-0.39, 0.29) is 0 Å². The van der Waals surface area contributed by atoms with Crippen LogP contribution in [0.5, 0.6) is 0 Å². The first-order valence-electron chi connectivity index (χ1n) is 7.79. The van der Waals surface area contributed by atoms with Crippen molar-refractivity contribution in [3.63, 3.8) is 0 Å². The molecule has 1 fully saturated rings. The van der Waals surface area contributed by atoms with Crippen LogP contribution in [-0.2, 0) is 4.79 Å². The van der Waals surface area contributed by atoms with Crippen LogP contribution in [0.15, 0.2) is 0 Å². The van der Waals surface area contributed by atoms with Gasteiger partial charge in [-0.3, -0.25) is 4.79 Å². The Kier molecular flexibility index (Phi) is 7.55. The normalized spacial score (nSPS) is 19.2. The maximum atomic E-state index is 12.2. The van der Waals surface area contributed by atoms with Gasteiger partial charge in [-0.15, -0.1) is 0 Å². The molecular weight excluding hydrogens is 208 g/mol. The number of rotatable bonds is 8. The van der Waals surface area contributed by atoms with Crippen molar-refractivity contribution in [2.24, 2.45) is 11.8 Å². The number of Topliss-reactive ketones (excluding diaryl/α,β-unsaturated/α-hetero) is 1. The van der Waals surface area contributed by atoms with E-state index < -0.39 is 0 Å². The number of unbranched alkanes of at least 4 members (excludes halogenated alkanes) is 4. The molecule has 1 heteroatoms. The number of carbonyl (C=O) groups is 1. The second-order valence-corrected chi connectivity index (χ2v) is 5.84. The summed E-state index contributed by atoms with van der Waals surface area (Å²) in [6.07, 6.45) is 13.9. The molecule has 0 spiro atoms. The summed E-state index contributed by atoms with van der Waals surface area (Å²) in [5.41, 5.74) is 0. The molecule has 0 aromatic rings. The molecule has 1 atom stereocenters. The van der Waals surface area contributed by atoms with E-state index >= 15 is 0 Å². The van der Waals surface area contributed by atoms with Crippen molar-refractivity contribution in [1.29, 1.82) is 0 Å². The molecule has 1 rings (SSSR count). The third kappa shape index (κ3) is 5.70. The van der Waals surface area contributed by atoms with Crippen molar-refractivity contribution in [1.82, 2.24) is 0 Å². The highest BCUT2D eigenvalue weighted by atomic mass is 16.1. The zero-order valence-electron chi connectivity index (χ0n) is 11.8. The quantitative estimate of drug-likeness (QED) is 0.536. The molecule has 1 aliphatic carbocycles. The lowest BCUT2D eigenvalue weighted by Crippen LogP contribution is -2.23. The highest BCUT2D eigenvalue weighted by Gasteiger charge is 2.24. The minimum Gasteiger partial charge on any atom is -0.299 e. The Labute approximate surface area is 107 Å². The molecule has 1 aliphatic rings. The lowest BCUT2D eigenvalue weighted by atomic mass is 9.81. The van der Waals surface area contributed by atoms with Crippen molar-refractivity contribution in [2.75, 3.05) is 0 Å².